The van der Waals surface area contributed by atoms with Gasteiger partial charge >= 0.3 is 10.1 Å². The van der Waals surface area contributed by atoms with Crippen molar-refractivity contribution in [1.29, 1.82) is 0 Å². The van der Waals surface area contributed by atoms with Crippen molar-refractivity contribution < 1.29 is 12.7 Å². The van der Waals surface area contributed by atoms with Crippen LogP contribution in [-0.4, -0.2) is 20.4 Å². The van der Waals surface area contributed by atoms with E-state index in [0.717, 1.165) is 16.0 Å². The molecule has 0 saturated heterocycles. The number of aryl methyl sites for hydroxylation is 1. The maximum absolute atomic E-state index is 12.1. The van der Waals surface area contributed by atoms with Crippen molar-refractivity contribution >= 4 is 27.6 Å². The molecule has 0 heterocycles. The van der Waals surface area contributed by atoms with Crippen LogP contribution in [0.1, 0.15) is 18.1 Å². The van der Waals surface area contributed by atoms with Crippen LogP contribution < -0.4 is 0 Å². The van der Waals surface area contributed by atoms with E-state index in [1.54, 1.807) is 30.8 Å². The van der Waals surface area contributed by atoms with E-state index in [4.69, 9.17) is 4.28 Å². The summed E-state index contributed by atoms with van der Waals surface area (Å²) in [6.45, 7) is 3.61. The highest BCUT2D eigenvalue weighted by Gasteiger charge is 2.16. The molecule has 0 saturated carbocycles. The van der Waals surface area contributed by atoms with E-state index >= 15 is 0 Å². The predicted octanol–water partition coefficient (Wildman–Crippen LogP) is 3.85. The molecule has 0 aliphatic carbocycles. The van der Waals surface area contributed by atoms with Crippen molar-refractivity contribution in [3.63, 3.8) is 0 Å². The van der Waals surface area contributed by atoms with Gasteiger partial charge in [0.2, 0.25) is 0 Å². The summed E-state index contributed by atoms with van der Waals surface area (Å²) in [7, 11) is -3.89. The van der Waals surface area contributed by atoms with E-state index in [9.17, 15) is 8.42 Å². The fourth-order valence-electron chi connectivity index (χ4n) is 1.85. The van der Waals surface area contributed by atoms with E-state index in [1.807, 2.05) is 37.4 Å². The molecular formula is C16H17NO3S2. The third-order valence-electron chi connectivity index (χ3n) is 3.08. The van der Waals surface area contributed by atoms with E-state index < -0.39 is 10.1 Å². The van der Waals surface area contributed by atoms with Crippen molar-refractivity contribution in [1.82, 2.24) is 0 Å². The van der Waals surface area contributed by atoms with Gasteiger partial charge in [-0.1, -0.05) is 41.1 Å². The van der Waals surface area contributed by atoms with Gasteiger partial charge < -0.3 is 0 Å². The van der Waals surface area contributed by atoms with Crippen molar-refractivity contribution in [3.05, 3.63) is 59.7 Å². The third-order valence-corrected chi connectivity index (χ3v) is 4.99. The molecule has 0 atom stereocenters. The van der Waals surface area contributed by atoms with Crippen LogP contribution >= 0.6 is 11.8 Å². The molecule has 0 aliphatic heterocycles. The first kappa shape index (κ1) is 16.6. The standard InChI is InChI=1S/C16H17NO3S2/c1-12-8-10-14(11-9-12)22(18,19)20-17-13(2)15-6-4-5-7-16(15)21-3/h4-11H,1-3H3/b17-13+. The molecule has 0 bridgehead atoms. The second-order valence-electron chi connectivity index (χ2n) is 4.72. The normalized spacial score (nSPS) is 12.2. The number of hydrogen-bond acceptors (Lipinski definition) is 5. The topological polar surface area (TPSA) is 55.7 Å². The lowest BCUT2D eigenvalue weighted by atomic mass is 10.1. The van der Waals surface area contributed by atoms with Gasteiger partial charge in [0, 0.05) is 10.5 Å². The van der Waals surface area contributed by atoms with E-state index in [-0.39, 0.29) is 4.90 Å². The lowest BCUT2D eigenvalue weighted by Crippen LogP contribution is -2.05. The van der Waals surface area contributed by atoms with Crippen LogP contribution in [0.4, 0.5) is 0 Å². The molecule has 0 spiro atoms. The summed E-state index contributed by atoms with van der Waals surface area (Å²) in [6, 6.07) is 14.1. The maximum Gasteiger partial charge on any atom is 0.358 e. The zero-order valence-electron chi connectivity index (χ0n) is 12.6. The first-order valence-electron chi connectivity index (χ1n) is 6.62. The summed E-state index contributed by atoms with van der Waals surface area (Å²) < 4.78 is 29.0. The van der Waals surface area contributed by atoms with Gasteiger partial charge in [0.1, 0.15) is 4.90 Å². The minimum absolute atomic E-state index is 0.0906. The van der Waals surface area contributed by atoms with Crippen molar-refractivity contribution in [2.24, 2.45) is 5.16 Å². The van der Waals surface area contributed by atoms with Crippen LogP contribution in [0.15, 0.2) is 63.5 Å². The van der Waals surface area contributed by atoms with Crippen LogP contribution in [0, 0.1) is 6.92 Å². The van der Waals surface area contributed by atoms with Gasteiger partial charge in [-0.25, -0.2) is 0 Å². The Kier molecular flexibility index (Phi) is 5.26. The highest BCUT2D eigenvalue weighted by Crippen LogP contribution is 2.21. The quantitative estimate of drug-likeness (QED) is 0.473. The molecule has 0 aromatic heterocycles. The zero-order valence-corrected chi connectivity index (χ0v) is 14.2. The van der Waals surface area contributed by atoms with Crippen molar-refractivity contribution in [2.45, 2.75) is 23.6 Å². The molecule has 116 valence electrons. The average Bonchev–Trinajstić information content (AvgIpc) is 2.53. The number of thioether (sulfide) groups is 1. The molecule has 2 rings (SSSR count). The van der Waals surface area contributed by atoms with Crippen LogP contribution in [0.25, 0.3) is 0 Å². The Hall–Kier alpha value is -1.79. The molecule has 0 aliphatic rings. The van der Waals surface area contributed by atoms with Crippen LogP contribution in [0.3, 0.4) is 0 Å². The predicted molar refractivity (Wildman–Crippen MR) is 89.9 cm³/mol. The second kappa shape index (κ2) is 6.98. The molecule has 6 heteroatoms. The van der Waals surface area contributed by atoms with Gasteiger partial charge in [0.25, 0.3) is 0 Å². The molecule has 0 unspecified atom stereocenters. The highest BCUT2D eigenvalue weighted by molar-refractivity contribution is 7.98. The Labute approximate surface area is 135 Å². The molecule has 0 radical (unpaired) electrons. The molecular weight excluding hydrogens is 318 g/mol. The van der Waals surface area contributed by atoms with E-state index in [1.165, 1.54) is 12.1 Å². The molecule has 2 aromatic carbocycles. The number of rotatable bonds is 5. The van der Waals surface area contributed by atoms with Crippen LogP contribution in [0.5, 0.6) is 0 Å². The molecule has 0 amide bonds. The zero-order chi connectivity index (χ0) is 16.2. The fourth-order valence-corrected chi connectivity index (χ4v) is 3.26. The Bertz CT molecular complexity index is 781. The molecule has 0 fully saturated rings. The van der Waals surface area contributed by atoms with Gasteiger partial charge in [-0.2, -0.15) is 8.42 Å². The molecule has 22 heavy (non-hydrogen) atoms. The molecule has 2 aromatic rings. The van der Waals surface area contributed by atoms with Crippen LogP contribution in [-0.2, 0) is 14.4 Å². The Morgan fingerprint density at radius 2 is 1.73 bits per heavy atom. The second-order valence-corrected chi connectivity index (χ2v) is 7.10. The van der Waals surface area contributed by atoms with E-state index in [0.29, 0.717) is 5.71 Å². The Balaban J connectivity index is 2.25. The third kappa shape index (κ3) is 3.90. The smallest absolute Gasteiger partial charge is 0.265 e. The van der Waals surface area contributed by atoms with Gasteiger partial charge in [-0.05, 0) is 38.3 Å². The summed E-state index contributed by atoms with van der Waals surface area (Å²) in [6.07, 6.45) is 1.95. The summed E-state index contributed by atoms with van der Waals surface area (Å²) in [5.74, 6) is 0. The number of benzene rings is 2. The minimum atomic E-state index is -3.89. The summed E-state index contributed by atoms with van der Waals surface area (Å²) >= 11 is 1.57. The number of hydrogen-bond donors (Lipinski definition) is 0. The Morgan fingerprint density at radius 3 is 2.36 bits per heavy atom. The van der Waals surface area contributed by atoms with Crippen molar-refractivity contribution in [3.8, 4) is 0 Å². The molecule has 0 N–H and O–H groups in total. The summed E-state index contributed by atoms with van der Waals surface area (Å²) in [4.78, 5) is 1.10. The lowest BCUT2D eigenvalue weighted by molar-refractivity contribution is 0.338. The largest absolute Gasteiger partial charge is 0.358 e. The molecule has 4 nitrogen and oxygen atoms in total. The Morgan fingerprint density at radius 1 is 1.09 bits per heavy atom. The highest BCUT2D eigenvalue weighted by atomic mass is 32.2. The summed E-state index contributed by atoms with van der Waals surface area (Å²) in [5.41, 5.74) is 2.35. The average molecular weight is 335 g/mol. The lowest BCUT2D eigenvalue weighted by Gasteiger charge is -2.07. The van der Waals surface area contributed by atoms with Gasteiger partial charge in [0.05, 0.1) is 5.71 Å². The number of nitrogens with zero attached hydrogens (tertiary/aromatic N) is 1. The monoisotopic (exact) mass is 335 g/mol. The number of oxime groups is 1. The fraction of sp³-hybridized carbons (Fsp3) is 0.188. The van der Waals surface area contributed by atoms with Gasteiger partial charge in [-0.3, -0.25) is 4.28 Å². The minimum Gasteiger partial charge on any atom is -0.265 e. The van der Waals surface area contributed by atoms with Crippen molar-refractivity contribution in [2.75, 3.05) is 6.26 Å². The van der Waals surface area contributed by atoms with E-state index in [2.05, 4.69) is 5.16 Å². The first-order chi connectivity index (χ1) is 10.4. The maximum atomic E-state index is 12.1. The summed E-state index contributed by atoms with van der Waals surface area (Å²) in [5, 5.41) is 3.79. The first-order valence-corrected chi connectivity index (χ1v) is 9.25. The SMILES string of the molecule is CSc1ccccc1/C(C)=N/OS(=O)(=O)c1ccc(C)cc1. The van der Waals surface area contributed by atoms with Gasteiger partial charge in [0.15, 0.2) is 0 Å². The van der Waals surface area contributed by atoms with Gasteiger partial charge in [-0.15, -0.1) is 11.8 Å². The van der Waals surface area contributed by atoms with Crippen LogP contribution in [0.2, 0.25) is 0 Å².